The SMILES string of the molecule is COCc1ccc(C(=O)Nc2ccc(-c3nc(CNC(=O)c4ccc(OC)c(F)c4)c(C)o3)cc2)o1. The summed E-state index contributed by atoms with van der Waals surface area (Å²) in [6, 6.07) is 14.2. The van der Waals surface area contributed by atoms with E-state index in [9.17, 15) is 14.0 Å². The number of furan rings is 1. The molecule has 2 heterocycles. The molecule has 2 aromatic heterocycles. The maximum Gasteiger partial charge on any atom is 0.291 e. The van der Waals surface area contributed by atoms with Crippen molar-refractivity contribution in [3.8, 4) is 17.2 Å². The molecule has 0 bridgehead atoms. The van der Waals surface area contributed by atoms with E-state index in [-0.39, 0.29) is 36.1 Å². The highest BCUT2D eigenvalue weighted by Crippen LogP contribution is 2.24. The van der Waals surface area contributed by atoms with Crippen molar-refractivity contribution in [3.05, 3.63) is 89.0 Å². The molecule has 0 saturated carbocycles. The van der Waals surface area contributed by atoms with E-state index in [1.54, 1.807) is 50.4 Å². The first-order valence-corrected chi connectivity index (χ1v) is 11.0. The Bertz CT molecular complexity index is 1380. The van der Waals surface area contributed by atoms with Gasteiger partial charge in [0, 0.05) is 23.9 Å². The number of nitrogens with zero attached hydrogens (tertiary/aromatic N) is 1. The quantitative estimate of drug-likeness (QED) is 0.347. The molecule has 4 rings (SSSR count). The summed E-state index contributed by atoms with van der Waals surface area (Å²) >= 11 is 0. The molecular formula is C26H24FN3O6. The Morgan fingerprint density at radius 2 is 1.78 bits per heavy atom. The molecule has 0 aliphatic heterocycles. The molecule has 9 nitrogen and oxygen atoms in total. The monoisotopic (exact) mass is 493 g/mol. The lowest BCUT2D eigenvalue weighted by molar-refractivity contribution is 0.0948. The van der Waals surface area contributed by atoms with Gasteiger partial charge in [-0.1, -0.05) is 0 Å². The van der Waals surface area contributed by atoms with Crippen molar-refractivity contribution in [1.82, 2.24) is 10.3 Å². The van der Waals surface area contributed by atoms with Gasteiger partial charge in [0.1, 0.15) is 23.8 Å². The van der Waals surface area contributed by atoms with Crippen LogP contribution in [0.15, 0.2) is 63.4 Å². The van der Waals surface area contributed by atoms with Gasteiger partial charge < -0.3 is 28.9 Å². The number of ether oxygens (including phenoxy) is 2. The van der Waals surface area contributed by atoms with Crippen molar-refractivity contribution in [3.63, 3.8) is 0 Å². The number of oxazole rings is 1. The summed E-state index contributed by atoms with van der Waals surface area (Å²) in [5.41, 5.74) is 1.95. The zero-order valence-electron chi connectivity index (χ0n) is 19.9. The molecule has 0 unspecified atom stereocenters. The van der Waals surface area contributed by atoms with Crippen LogP contribution in [0.1, 0.15) is 38.1 Å². The molecule has 10 heteroatoms. The smallest absolute Gasteiger partial charge is 0.291 e. The minimum atomic E-state index is -0.621. The average Bonchev–Trinajstić information content (AvgIpc) is 3.50. The summed E-state index contributed by atoms with van der Waals surface area (Å²) < 4.78 is 34.9. The fraction of sp³-hybridized carbons (Fsp3) is 0.192. The highest BCUT2D eigenvalue weighted by molar-refractivity contribution is 6.02. The molecule has 0 spiro atoms. The minimum Gasteiger partial charge on any atom is -0.494 e. The van der Waals surface area contributed by atoms with Gasteiger partial charge in [0.05, 0.1) is 13.7 Å². The van der Waals surface area contributed by atoms with Crippen LogP contribution in [-0.2, 0) is 17.9 Å². The zero-order chi connectivity index (χ0) is 25.7. The van der Waals surface area contributed by atoms with Gasteiger partial charge in [0.25, 0.3) is 11.8 Å². The number of amides is 2. The third kappa shape index (κ3) is 5.61. The predicted molar refractivity (Wildman–Crippen MR) is 128 cm³/mol. The van der Waals surface area contributed by atoms with Crippen molar-refractivity contribution >= 4 is 17.5 Å². The van der Waals surface area contributed by atoms with Gasteiger partial charge in [0.2, 0.25) is 5.89 Å². The predicted octanol–water partition coefficient (Wildman–Crippen LogP) is 4.72. The van der Waals surface area contributed by atoms with E-state index in [0.29, 0.717) is 34.4 Å². The number of aromatic nitrogens is 1. The second-order valence-corrected chi connectivity index (χ2v) is 7.78. The summed E-state index contributed by atoms with van der Waals surface area (Å²) in [6.07, 6.45) is 0. The summed E-state index contributed by atoms with van der Waals surface area (Å²) in [5.74, 6) is 0.238. The van der Waals surface area contributed by atoms with Gasteiger partial charge in [-0.25, -0.2) is 9.37 Å². The standard InChI is InChI=1S/C26H24FN3O6/c1-15-21(13-28-24(31)17-6-10-22(34-3)20(27)12-17)30-26(35-15)16-4-7-18(8-5-16)29-25(32)23-11-9-19(36-23)14-33-2/h4-12H,13-14H2,1-3H3,(H,28,31)(H,29,32). The Labute approximate surface area is 206 Å². The number of halogens is 1. The summed E-state index contributed by atoms with van der Waals surface area (Å²) in [5, 5.41) is 5.47. The lowest BCUT2D eigenvalue weighted by Gasteiger charge is -2.06. The fourth-order valence-corrected chi connectivity index (χ4v) is 3.40. The van der Waals surface area contributed by atoms with Gasteiger partial charge in [-0.2, -0.15) is 0 Å². The molecule has 36 heavy (non-hydrogen) atoms. The Morgan fingerprint density at radius 3 is 2.47 bits per heavy atom. The van der Waals surface area contributed by atoms with E-state index >= 15 is 0 Å². The molecule has 2 N–H and O–H groups in total. The molecule has 186 valence electrons. The number of anilines is 1. The Hall–Kier alpha value is -4.44. The largest absolute Gasteiger partial charge is 0.494 e. The summed E-state index contributed by atoms with van der Waals surface area (Å²) in [7, 11) is 2.90. The van der Waals surface area contributed by atoms with Crippen molar-refractivity contribution < 1.29 is 32.3 Å². The van der Waals surface area contributed by atoms with Crippen molar-refractivity contribution in [2.45, 2.75) is 20.1 Å². The first-order valence-electron chi connectivity index (χ1n) is 11.0. The molecular weight excluding hydrogens is 469 g/mol. The molecule has 0 fully saturated rings. The molecule has 0 atom stereocenters. The Kier molecular flexibility index (Phi) is 7.45. The summed E-state index contributed by atoms with van der Waals surface area (Å²) in [4.78, 5) is 29.2. The Balaban J connectivity index is 1.38. The van der Waals surface area contributed by atoms with Crippen molar-refractivity contribution in [2.75, 3.05) is 19.5 Å². The van der Waals surface area contributed by atoms with Crippen LogP contribution in [0.3, 0.4) is 0 Å². The highest BCUT2D eigenvalue weighted by atomic mass is 19.1. The van der Waals surface area contributed by atoms with Gasteiger partial charge in [0.15, 0.2) is 17.3 Å². The van der Waals surface area contributed by atoms with Crippen LogP contribution in [0.5, 0.6) is 5.75 Å². The second kappa shape index (κ2) is 10.9. The van der Waals surface area contributed by atoms with Crippen LogP contribution < -0.4 is 15.4 Å². The van der Waals surface area contributed by atoms with E-state index in [1.165, 1.54) is 19.2 Å². The molecule has 0 aliphatic carbocycles. The van der Waals surface area contributed by atoms with Crippen LogP contribution >= 0.6 is 0 Å². The maximum absolute atomic E-state index is 13.9. The first kappa shape index (κ1) is 24.7. The van der Waals surface area contributed by atoms with Gasteiger partial charge >= 0.3 is 0 Å². The number of hydrogen-bond acceptors (Lipinski definition) is 7. The molecule has 4 aromatic rings. The maximum atomic E-state index is 13.9. The molecule has 2 amide bonds. The number of hydrogen-bond donors (Lipinski definition) is 2. The van der Waals surface area contributed by atoms with E-state index in [4.69, 9.17) is 18.3 Å². The normalized spacial score (nSPS) is 10.8. The van der Waals surface area contributed by atoms with Crippen LogP contribution in [0, 0.1) is 12.7 Å². The van der Waals surface area contributed by atoms with Crippen LogP contribution in [0.2, 0.25) is 0 Å². The van der Waals surface area contributed by atoms with Crippen molar-refractivity contribution in [1.29, 1.82) is 0 Å². The van der Waals surface area contributed by atoms with Gasteiger partial charge in [-0.3, -0.25) is 9.59 Å². The highest BCUT2D eigenvalue weighted by Gasteiger charge is 2.16. The number of nitrogens with one attached hydrogen (secondary N) is 2. The zero-order valence-corrected chi connectivity index (χ0v) is 19.9. The summed E-state index contributed by atoms with van der Waals surface area (Å²) in [6.45, 7) is 2.12. The third-order valence-electron chi connectivity index (χ3n) is 5.28. The number of carbonyl (C=O) groups excluding carboxylic acids is 2. The van der Waals surface area contributed by atoms with E-state index in [1.807, 2.05) is 0 Å². The third-order valence-corrected chi connectivity index (χ3v) is 5.28. The number of benzene rings is 2. The number of carbonyl (C=O) groups is 2. The van der Waals surface area contributed by atoms with Gasteiger partial charge in [-0.05, 0) is 61.5 Å². The molecule has 0 aliphatic rings. The molecule has 0 radical (unpaired) electrons. The molecule has 2 aromatic carbocycles. The Morgan fingerprint density at radius 1 is 1.00 bits per heavy atom. The lowest BCUT2D eigenvalue weighted by atomic mass is 10.2. The topological polar surface area (TPSA) is 116 Å². The lowest BCUT2D eigenvalue weighted by Crippen LogP contribution is -2.23. The van der Waals surface area contributed by atoms with Crippen LogP contribution in [-0.4, -0.2) is 31.0 Å². The number of methoxy groups -OCH3 is 2. The minimum absolute atomic E-state index is 0.0614. The average molecular weight is 493 g/mol. The fourth-order valence-electron chi connectivity index (χ4n) is 3.40. The second-order valence-electron chi connectivity index (χ2n) is 7.78. The first-order chi connectivity index (χ1) is 17.4. The number of aryl methyl sites for hydroxylation is 1. The van der Waals surface area contributed by atoms with E-state index in [0.717, 1.165) is 6.07 Å². The number of rotatable bonds is 9. The van der Waals surface area contributed by atoms with Crippen molar-refractivity contribution in [2.24, 2.45) is 0 Å². The van der Waals surface area contributed by atoms with Crippen LogP contribution in [0.25, 0.3) is 11.5 Å². The van der Waals surface area contributed by atoms with E-state index in [2.05, 4.69) is 15.6 Å². The van der Waals surface area contributed by atoms with Crippen LogP contribution in [0.4, 0.5) is 10.1 Å². The molecule has 0 saturated heterocycles. The van der Waals surface area contributed by atoms with Gasteiger partial charge in [-0.15, -0.1) is 0 Å². The van der Waals surface area contributed by atoms with E-state index < -0.39 is 11.7 Å².